The van der Waals surface area contributed by atoms with Crippen LogP contribution in [0.15, 0.2) is 29.1 Å². The molecule has 0 radical (unpaired) electrons. The minimum atomic E-state index is 0.460. The molecule has 0 saturated carbocycles. The second-order valence-electron chi connectivity index (χ2n) is 3.89. The Labute approximate surface area is 109 Å². The summed E-state index contributed by atoms with van der Waals surface area (Å²) in [6.07, 6.45) is 5.57. The lowest BCUT2D eigenvalue weighted by Gasteiger charge is -2.05. The summed E-state index contributed by atoms with van der Waals surface area (Å²) in [6, 6.07) is 4.04. The average molecular weight is 295 g/mol. The molecule has 0 saturated heterocycles. The first-order valence-corrected chi connectivity index (χ1v) is 6.30. The molecule has 0 unspecified atom stereocenters. The third-order valence-corrected chi connectivity index (χ3v) is 3.45. The number of nitrogens with zero attached hydrogens (tertiary/aromatic N) is 3. The van der Waals surface area contributed by atoms with Crippen molar-refractivity contribution in [3.63, 3.8) is 0 Å². The maximum Gasteiger partial charge on any atom is 0.127 e. The van der Waals surface area contributed by atoms with Crippen LogP contribution in [0.5, 0.6) is 0 Å². The molecule has 0 aromatic carbocycles. The molecule has 17 heavy (non-hydrogen) atoms. The number of halogens is 1. The zero-order chi connectivity index (χ0) is 12.3. The summed E-state index contributed by atoms with van der Waals surface area (Å²) in [5.41, 5.74) is 8.03. The number of nitrogens with two attached hydrogens (primary N) is 1. The average Bonchev–Trinajstić information content (AvgIpc) is 2.63. The van der Waals surface area contributed by atoms with Gasteiger partial charge in [-0.1, -0.05) is 6.07 Å². The van der Waals surface area contributed by atoms with Gasteiger partial charge in [-0.2, -0.15) is 0 Å². The van der Waals surface area contributed by atoms with E-state index in [9.17, 15) is 0 Å². The van der Waals surface area contributed by atoms with Crippen LogP contribution in [0.3, 0.4) is 0 Å². The summed E-state index contributed by atoms with van der Waals surface area (Å²) < 4.78 is 2.95. The fraction of sp³-hybridized carbons (Fsp3) is 0.333. The van der Waals surface area contributed by atoms with Gasteiger partial charge in [0.1, 0.15) is 10.4 Å². The maximum absolute atomic E-state index is 5.63. The van der Waals surface area contributed by atoms with Crippen LogP contribution >= 0.6 is 15.9 Å². The van der Waals surface area contributed by atoms with Crippen LogP contribution in [0.4, 0.5) is 0 Å². The van der Waals surface area contributed by atoms with E-state index >= 15 is 0 Å². The van der Waals surface area contributed by atoms with Crippen LogP contribution < -0.4 is 5.73 Å². The molecule has 0 fully saturated rings. The van der Waals surface area contributed by atoms with Crippen LogP contribution in [-0.2, 0) is 26.4 Å². The van der Waals surface area contributed by atoms with E-state index in [-0.39, 0.29) is 0 Å². The smallest absolute Gasteiger partial charge is 0.127 e. The molecule has 0 spiro atoms. The van der Waals surface area contributed by atoms with Gasteiger partial charge in [-0.25, -0.2) is 4.98 Å². The molecule has 0 aliphatic rings. The Balaban J connectivity index is 2.12. The summed E-state index contributed by atoms with van der Waals surface area (Å²) in [4.78, 5) is 8.49. The van der Waals surface area contributed by atoms with Gasteiger partial charge in [-0.15, -0.1) is 0 Å². The molecule has 2 rings (SSSR count). The van der Waals surface area contributed by atoms with Gasteiger partial charge >= 0.3 is 0 Å². The fourth-order valence-electron chi connectivity index (χ4n) is 1.81. The summed E-state index contributed by atoms with van der Waals surface area (Å²) in [5.74, 6) is 0.901. The maximum atomic E-state index is 5.63. The van der Waals surface area contributed by atoms with Crippen molar-refractivity contribution in [3.8, 4) is 0 Å². The molecule has 5 heteroatoms. The van der Waals surface area contributed by atoms with Crippen molar-refractivity contribution < 1.29 is 0 Å². The van der Waals surface area contributed by atoms with Crippen LogP contribution in [-0.4, -0.2) is 14.5 Å². The number of hydrogen-bond donors (Lipinski definition) is 1. The van der Waals surface area contributed by atoms with Crippen molar-refractivity contribution in [2.45, 2.75) is 19.4 Å². The Kier molecular flexibility index (Phi) is 3.91. The molecule has 2 aromatic heterocycles. The summed E-state index contributed by atoms with van der Waals surface area (Å²) in [6.45, 7) is 0.460. The predicted molar refractivity (Wildman–Crippen MR) is 70.4 cm³/mol. The summed E-state index contributed by atoms with van der Waals surface area (Å²) in [7, 11) is 2.00. The zero-order valence-corrected chi connectivity index (χ0v) is 11.3. The molecule has 2 aromatic rings. The molecule has 0 bridgehead atoms. The van der Waals surface area contributed by atoms with Gasteiger partial charge in [0.15, 0.2) is 0 Å². The molecule has 0 aliphatic heterocycles. The van der Waals surface area contributed by atoms with E-state index in [1.807, 2.05) is 19.3 Å². The third-order valence-electron chi connectivity index (χ3n) is 2.81. The van der Waals surface area contributed by atoms with E-state index in [2.05, 4.69) is 36.5 Å². The van der Waals surface area contributed by atoms with Crippen molar-refractivity contribution in [2.75, 3.05) is 0 Å². The summed E-state index contributed by atoms with van der Waals surface area (Å²) in [5, 5.41) is 0. The lowest BCUT2D eigenvalue weighted by atomic mass is 10.1. The minimum absolute atomic E-state index is 0.460. The topological polar surface area (TPSA) is 56.7 Å². The lowest BCUT2D eigenvalue weighted by molar-refractivity contribution is 0.738. The number of rotatable bonds is 4. The van der Waals surface area contributed by atoms with Crippen LogP contribution in [0.25, 0.3) is 0 Å². The van der Waals surface area contributed by atoms with Crippen molar-refractivity contribution in [1.29, 1.82) is 0 Å². The van der Waals surface area contributed by atoms with Gasteiger partial charge in [-0.05, 0) is 40.4 Å². The number of aromatic nitrogens is 3. The van der Waals surface area contributed by atoms with Crippen molar-refractivity contribution in [1.82, 2.24) is 14.5 Å². The second kappa shape index (κ2) is 5.42. The second-order valence-corrected chi connectivity index (χ2v) is 4.64. The highest BCUT2D eigenvalue weighted by Crippen LogP contribution is 2.18. The first kappa shape index (κ1) is 12.3. The summed E-state index contributed by atoms with van der Waals surface area (Å²) >= 11 is 3.48. The van der Waals surface area contributed by atoms with Crippen molar-refractivity contribution >= 4 is 15.9 Å². The first-order chi connectivity index (χ1) is 8.22. The number of pyridine rings is 1. The molecule has 90 valence electrons. The zero-order valence-electron chi connectivity index (χ0n) is 9.73. The van der Waals surface area contributed by atoms with Gasteiger partial charge in [0.05, 0.1) is 12.2 Å². The standard InChI is InChI=1S/C12H15BrN4/c1-17-10(12(13)16-11(17)7-14)5-4-9-3-2-6-15-8-9/h2-3,6,8H,4-5,7,14H2,1H3. The van der Waals surface area contributed by atoms with Crippen LogP contribution in [0.2, 0.25) is 0 Å². The molecule has 4 nitrogen and oxygen atoms in total. The number of imidazole rings is 1. The monoisotopic (exact) mass is 294 g/mol. The predicted octanol–water partition coefficient (Wildman–Crippen LogP) is 1.82. The Bertz CT molecular complexity index is 493. The van der Waals surface area contributed by atoms with Gasteiger partial charge in [0, 0.05) is 19.4 Å². The van der Waals surface area contributed by atoms with Crippen LogP contribution in [0.1, 0.15) is 17.1 Å². The van der Waals surface area contributed by atoms with E-state index in [1.165, 1.54) is 11.3 Å². The van der Waals surface area contributed by atoms with Crippen LogP contribution in [0, 0.1) is 0 Å². The Morgan fingerprint density at radius 2 is 2.24 bits per heavy atom. The normalized spacial score (nSPS) is 10.8. The molecular formula is C12H15BrN4. The number of aryl methyl sites for hydroxylation is 1. The Morgan fingerprint density at radius 3 is 2.82 bits per heavy atom. The SMILES string of the molecule is Cn1c(CN)nc(Br)c1CCc1cccnc1. The Hall–Kier alpha value is -1.20. The van der Waals surface area contributed by atoms with E-state index in [1.54, 1.807) is 6.20 Å². The van der Waals surface area contributed by atoms with E-state index in [0.717, 1.165) is 23.3 Å². The van der Waals surface area contributed by atoms with E-state index < -0.39 is 0 Å². The fourth-order valence-corrected chi connectivity index (χ4v) is 2.48. The largest absolute Gasteiger partial charge is 0.333 e. The Morgan fingerprint density at radius 1 is 1.41 bits per heavy atom. The van der Waals surface area contributed by atoms with E-state index in [4.69, 9.17) is 5.73 Å². The molecular weight excluding hydrogens is 280 g/mol. The first-order valence-electron chi connectivity index (χ1n) is 5.51. The molecule has 2 heterocycles. The van der Waals surface area contributed by atoms with E-state index in [0.29, 0.717) is 6.54 Å². The van der Waals surface area contributed by atoms with Gasteiger partial charge in [0.2, 0.25) is 0 Å². The van der Waals surface area contributed by atoms with Gasteiger partial charge in [-0.3, -0.25) is 4.98 Å². The van der Waals surface area contributed by atoms with Crippen molar-refractivity contribution in [3.05, 3.63) is 46.2 Å². The van der Waals surface area contributed by atoms with Gasteiger partial charge in [0.25, 0.3) is 0 Å². The highest BCUT2D eigenvalue weighted by Gasteiger charge is 2.11. The third kappa shape index (κ3) is 2.73. The highest BCUT2D eigenvalue weighted by atomic mass is 79.9. The van der Waals surface area contributed by atoms with Gasteiger partial charge < -0.3 is 10.3 Å². The molecule has 0 aliphatic carbocycles. The lowest BCUT2D eigenvalue weighted by Crippen LogP contribution is -2.07. The van der Waals surface area contributed by atoms with Crippen molar-refractivity contribution in [2.24, 2.45) is 12.8 Å². The highest BCUT2D eigenvalue weighted by molar-refractivity contribution is 9.10. The number of hydrogen-bond acceptors (Lipinski definition) is 3. The minimum Gasteiger partial charge on any atom is -0.333 e. The molecule has 0 amide bonds. The quantitative estimate of drug-likeness (QED) is 0.936. The molecule has 0 atom stereocenters. The molecule has 2 N–H and O–H groups in total.